The fourth-order valence-corrected chi connectivity index (χ4v) is 2.82. The van der Waals surface area contributed by atoms with Gasteiger partial charge < -0.3 is 10.6 Å². The first kappa shape index (κ1) is 14.5. The molecule has 2 heterocycles. The van der Waals surface area contributed by atoms with E-state index in [1.807, 2.05) is 12.4 Å². The van der Waals surface area contributed by atoms with E-state index in [-0.39, 0.29) is 5.54 Å². The molecule has 0 bridgehead atoms. The quantitative estimate of drug-likeness (QED) is 0.853. The maximum absolute atomic E-state index is 4.29. The van der Waals surface area contributed by atoms with Crippen LogP contribution in [0.5, 0.6) is 0 Å². The van der Waals surface area contributed by atoms with Crippen LogP contribution in [0.1, 0.15) is 33.4 Å². The summed E-state index contributed by atoms with van der Waals surface area (Å²) in [6.45, 7) is 10.8. The van der Waals surface area contributed by atoms with Crippen LogP contribution in [-0.2, 0) is 6.42 Å². The third kappa shape index (κ3) is 4.30. The van der Waals surface area contributed by atoms with Gasteiger partial charge in [0.15, 0.2) is 4.96 Å². The van der Waals surface area contributed by atoms with Gasteiger partial charge in [-0.2, -0.15) is 0 Å². The van der Waals surface area contributed by atoms with E-state index in [2.05, 4.69) is 53.1 Å². The third-order valence-corrected chi connectivity index (χ3v) is 3.93. The summed E-state index contributed by atoms with van der Waals surface area (Å²) < 4.78 is 2.17. The molecule has 1 atom stereocenters. The molecule has 0 saturated carbocycles. The molecular formula is C14H24N4S. The molecule has 2 aromatic heterocycles. The second-order valence-corrected chi connectivity index (χ2v) is 6.88. The van der Waals surface area contributed by atoms with E-state index in [1.54, 1.807) is 11.3 Å². The Morgan fingerprint density at radius 2 is 2.21 bits per heavy atom. The zero-order valence-corrected chi connectivity index (χ0v) is 13.0. The van der Waals surface area contributed by atoms with Crippen molar-refractivity contribution in [3.63, 3.8) is 0 Å². The number of nitrogens with one attached hydrogen (secondary N) is 2. The lowest BCUT2D eigenvalue weighted by Gasteiger charge is -2.24. The van der Waals surface area contributed by atoms with Gasteiger partial charge in [-0.15, -0.1) is 11.3 Å². The van der Waals surface area contributed by atoms with Gasteiger partial charge in [-0.25, -0.2) is 4.98 Å². The molecule has 0 aliphatic heterocycles. The molecule has 0 aliphatic carbocycles. The topological polar surface area (TPSA) is 41.4 Å². The number of nitrogens with zero attached hydrogens (tertiary/aromatic N) is 2. The maximum atomic E-state index is 4.29. The van der Waals surface area contributed by atoms with E-state index in [9.17, 15) is 0 Å². The van der Waals surface area contributed by atoms with Crippen LogP contribution in [0.25, 0.3) is 4.96 Å². The Morgan fingerprint density at radius 3 is 2.95 bits per heavy atom. The second kappa shape index (κ2) is 6.03. The molecule has 2 N–H and O–H groups in total. The van der Waals surface area contributed by atoms with Crippen molar-refractivity contribution in [2.24, 2.45) is 0 Å². The van der Waals surface area contributed by atoms with Crippen LogP contribution in [-0.4, -0.2) is 34.1 Å². The predicted molar refractivity (Wildman–Crippen MR) is 82.0 cm³/mol. The van der Waals surface area contributed by atoms with Crippen molar-refractivity contribution >= 4 is 16.3 Å². The van der Waals surface area contributed by atoms with Gasteiger partial charge in [0.05, 0.1) is 0 Å². The monoisotopic (exact) mass is 280 g/mol. The third-order valence-electron chi connectivity index (χ3n) is 3.03. The summed E-state index contributed by atoms with van der Waals surface area (Å²) in [5, 5.41) is 9.27. The number of rotatable bonds is 6. The summed E-state index contributed by atoms with van der Waals surface area (Å²) in [6, 6.07) is 0.483. The fourth-order valence-electron chi connectivity index (χ4n) is 1.93. The van der Waals surface area contributed by atoms with Crippen LogP contribution in [0.3, 0.4) is 0 Å². The molecule has 0 fully saturated rings. The van der Waals surface area contributed by atoms with Crippen LogP contribution in [0.2, 0.25) is 0 Å². The Bertz CT molecular complexity index is 509. The van der Waals surface area contributed by atoms with Crippen LogP contribution in [0.4, 0.5) is 0 Å². The molecule has 2 aromatic rings. The van der Waals surface area contributed by atoms with Crippen LogP contribution in [0.15, 0.2) is 17.8 Å². The minimum absolute atomic E-state index is 0.187. The highest BCUT2D eigenvalue weighted by molar-refractivity contribution is 7.15. The Hall–Kier alpha value is -0.910. The fraction of sp³-hybridized carbons (Fsp3) is 0.643. The summed E-state index contributed by atoms with van der Waals surface area (Å²) in [7, 11) is 0. The molecule has 0 aromatic carbocycles. The number of fused-ring (bicyclic) bond motifs is 1. The molecule has 19 heavy (non-hydrogen) atoms. The molecule has 1 unspecified atom stereocenters. The lowest BCUT2D eigenvalue weighted by molar-refractivity contribution is 0.388. The van der Waals surface area contributed by atoms with Crippen molar-refractivity contribution in [1.29, 1.82) is 0 Å². The summed E-state index contributed by atoms with van der Waals surface area (Å²) >= 11 is 1.70. The highest BCUT2D eigenvalue weighted by Crippen LogP contribution is 2.14. The predicted octanol–water partition coefficient (Wildman–Crippen LogP) is 2.30. The molecule has 5 heteroatoms. The van der Waals surface area contributed by atoms with Crippen molar-refractivity contribution in [1.82, 2.24) is 20.0 Å². The molecule has 0 spiro atoms. The Kier molecular flexibility index (Phi) is 4.60. The van der Waals surface area contributed by atoms with Crippen LogP contribution >= 0.6 is 11.3 Å². The smallest absolute Gasteiger partial charge is 0.193 e. The van der Waals surface area contributed by atoms with Crippen LogP contribution < -0.4 is 10.6 Å². The van der Waals surface area contributed by atoms with Gasteiger partial charge >= 0.3 is 0 Å². The van der Waals surface area contributed by atoms with Gasteiger partial charge in [0, 0.05) is 54.6 Å². The van der Waals surface area contributed by atoms with Gasteiger partial charge in [-0.05, 0) is 27.7 Å². The average molecular weight is 280 g/mol. The van der Waals surface area contributed by atoms with Crippen molar-refractivity contribution in [2.45, 2.75) is 45.7 Å². The van der Waals surface area contributed by atoms with Gasteiger partial charge in [0.2, 0.25) is 0 Å². The highest BCUT2D eigenvalue weighted by atomic mass is 32.1. The highest BCUT2D eigenvalue weighted by Gasteiger charge is 2.10. The van der Waals surface area contributed by atoms with Crippen LogP contribution in [0, 0.1) is 0 Å². The van der Waals surface area contributed by atoms with E-state index >= 15 is 0 Å². The summed E-state index contributed by atoms with van der Waals surface area (Å²) in [4.78, 5) is 5.37. The number of imidazole rings is 1. The molecule has 0 radical (unpaired) electrons. The van der Waals surface area contributed by atoms with Gasteiger partial charge in [-0.1, -0.05) is 0 Å². The van der Waals surface area contributed by atoms with E-state index < -0.39 is 0 Å². The lowest BCUT2D eigenvalue weighted by atomic mass is 10.1. The molecule has 0 amide bonds. The Labute approximate surface area is 119 Å². The van der Waals surface area contributed by atoms with Gasteiger partial charge in [0.1, 0.15) is 0 Å². The molecular weight excluding hydrogens is 256 g/mol. The summed E-state index contributed by atoms with van der Waals surface area (Å²) in [5.41, 5.74) is 1.52. The van der Waals surface area contributed by atoms with Crippen molar-refractivity contribution in [2.75, 3.05) is 13.1 Å². The minimum Gasteiger partial charge on any atom is -0.313 e. The Balaban J connectivity index is 1.73. The summed E-state index contributed by atoms with van der Waals surface area (Å²) in [6.07, 6.45) is 4.93. The van der Waals surface area contributed by atoms with E-state index in [0.29, 0.717) is 6.04 Å². The molecule has 106 valence electrons. The van der Waals surface area contributed by atoms with Gasteiger partial charge in [0.25, 0.3) is 0 Å². The Morgan fingerprint density at radius 1 is 1.42 bits per heavy atom. The van der Waals surface area contributed by atoms with E-state index in [0.717, 1.165) is 24.5 Å². The first-order chi connectivity index (χ1) is 8.96. The SMILES string of the molecule is CC(CNC(C)(C)C)NCCc1csc2nccn12. The van der Waals surface area contributed by atoms with Crippen molar-refractivity contribution in [3.8, 4) is 0 Å². The standard InChI is InChI=1S/C14H24N4S/c1-11(9-17-14(2,3)4)15-6-5-12-10-19-13-16-7-8-18(12)13/h7-8,10-11,15,17H,5-6,9H2,1-4H3. The minimum atomic E-state index is 0.187. The number of hydrogen-bond acceptors (Lipinski definition) is 4. The largest absolute Gasteiger partial charge is 0.313 e. The average Bonchev–Trinajstić information content (AvgIpc) is 2.90. The number of aromatic nitrogens is 2. The first-order valence-electron chi connectivity index (χ1n) is 6.83. The van der Waals surface area contributed by atoms with Crippen molar-refractivity contribution < 1.29 is 0 Å². The molecule has 4 nitrogen and oxygen atoms in total. The zero-order valence-electron chi connectivity index (χ0n) is 12.2. The second-order valence-electron chi connectivity index (χ2n) is 6.04. The van der Waals surface area contributed by atoms with Gasteiger partial charge in [-0.3, -0.25) is 4.40 Å². The first-order valence-corrected chi connectivity index (χ1v) is 7.71. The maximum Gasteiger partial charge on any atom is 0.193 e. The lowest BCUT2D eigenvalue weighted by Crippen LogP contribution is -2.45. The molecule has 0 saturated heterocycles. The van der Waals surface area contributed by atoms with E-state index in [4.69, 9.17) is 0 Å². The number of hydrogen-bond donors (Lipinski definition) is 2. The molecule has 2 rings (SSSR count). The number of thiazole rings is 1. The van der Waals surface area contributed by atoms with Crippen molar-refractivity contribution in [3.05, 3.63) is 23.5 Å². The molecule has 0 aliphatic rings. The summed E-state index contributed by atoms with van der Waals surface area (Å²) in [5.74, 6) is 0. The zero-order chi connectivity index (χ0) is 13.9. The normalized spacial score (nSPS) is 14.1. The van der Waals surface area contributed by atoms with E-state index in [1.165, 1.54) is 5.69 Å².